The summed E-state index contributed by atoms with van der Waals surface area (Å²) in [4.78, 5) is 32.4. The first-order chi connectivity index (χ1) is 11.7. The second-order valence-electron chi connectivity index (χ2n) is 6.25. The highest BCUT2D eigenvalue weighted by Gasteiger charge is 2.25. The zero-order valence-corrected chi connectivity index (χ0v) is 14.7. The Labute approximate surface area is 149 Å². The maximum atomic E-state index is 13.4. The highest BCUT2D eigenvalue weighted by atomic mass is 35.5. The number of ether oxygens (including phenoxy) is 1. The number of hydrogen-bond donors (Lipinski definition) is 0. The predicted molar refractivity (Wildman–Crippen MR) is 91.2 cm³/mol. The van der Waals surface area contributed by atoms with Crippen LogP contribution in [0.25, 0.3) is 0 Å². The first-order valence-corrected chi connectivity index (χ1v) is 7.79. The molecule has 2 heterocycles. The fraction of sp³-hybridized carbons (Fsp3) is 0.294. The van der Waals surface area contributed by atoms with Crippen molar-refractivity contribution in [1.29, 1.82) is 0 Å². The highest BCUT2D eigenvalue weighted by molar-refractivity contribution is 6.31. The van der Waals surface area contributed by atoms with Crippen LogP contribution in [-0.2, 0) is 11.3 Å². The van der Waals surface area contributed by atoms with Crippen molar-refractivity contribution in [1.82, 2.24) is 9.97 Å². The van der Waals surface area contributed by atoms with Gasteiger partial charge in [0.1, 0.15) is 22.4 Å². The van der Waals surface area contributed by atoms with Crippen molar-refractivity contribution in [2.24, 2.45) is 0 Å². The first-order valence-electron chi connectivity index (χ1n) is 7.41. The van der Waals surface area contributed by atoms with Gasteiger partial charge in [-0.2, -0.15) is 0 Å². The van der Waals surface area contributed by atoms with Crippen molar-refractivity contribution < 1.29 is 18.7 Å². The molecule has 2 rings (SSSR count). The number of amides is 1. The molecule has 0 aliphatic carbocycles. The second kappa shape index (κ2) is 7.57. The van der Waals surface area contributed by atoms with E-state index in [9.17, 15) is 14.0 Å². The van der Waals surface area contributed by atoms with Crippen LogP contribution in [0.3, 0.4) is 0 Å². The van der Waals surface area contributed by atoms with Gasteiger partial charge in [0.25, 0.3) is 0 Å². The Morgan fingerprint density at radius 2 is 2.08 bits per heavy atom. The smallest absolute Gasteiger partial charge is 0.416 e. The maximum absolute atomic E-state index is 13.4. The Morgan fingerprint density at radius 3 is 2.64 bits per heavy atom. The van der Waals surface area contributed by atoms with Gasteiger partial charge < -0.3 is 4.74 Å². The molecule has 0 unspecified atom stereocenters. The lowest BCUT2D eigenvalue weighted by atomic mass is 10.2. The van der Waals surface area contributed by atoms with Crippen molar-refractivity contribution in [3.8, 4) is 0 Å². The van der Waals surface area contributed by atoms with E-state index in [0.29, 0.717) is 11.8 Å². The summed E-state index contributed by atoms with van der Waals surface area (Å²) in [6, 6.07) is 4.16. The third kappa shape index (κ3) is 5.22. The quantitative estimate of drug-likeness (QED) is 0.604. The molecular weight excluding hydrogens is 349 g/mol. The predicted octanol–water partition coefficient (Wildman–Crippen LogP) is 4.02. The molecule has 0 radical (unpaired) electrons. The van der Waals surface area contributed by atoms with E-state index in [-0.39, 0.29) is 23.1 Å². The van der Waals surface area contributed by atoms with Crippen molar-refractivity contribution in [2.75, 3.05) is 4.90 Å². The van der Waals surface area contributed by atoms with Crippen LogP contribution in [-0.4, -0.2) is 27.9 Å². The van der Waals surface area contributed by atoms with Crippen molar-refractivity contribution in [3.05, 3.63) is 52.7 Å². The van der Waals surface area contributed by atoms with Gasteiger partial charge >= 0.3 is 6.09 Å². The normalized spacial score (nSPS) is 11.1. The van der Waals surface area contributed by atoms with E-state index in [1.165, 1.54) is 29.3 Å². The fourth-order valence-corrected chi connectivity index (χ4v) is 2.15. The summed E-state index contributed by atoms with van der Waals surface area (Å²) in [6.07, 6.45) is 2.38. The van der Waals surface area contributed by atoms with Gasteiger partial charge in [-0.3, -0.25) is 14.7 Å². The lowest BCUT2D eigenvalue weighted by Crippen LogP contribution is -2.37. The van der Waals surface area contributed by atoms with Crippen LogP contribution in [0.15, 0.2) is 30.6 Å². The molecule has 0 spiro atoms. The Morgan fingerprint density at radius 1 is 1.36 bits per heavy atom. The number of pyridine rings is 2. The fourth-order valence-electron chi connectivity index (χ4n) is 1.95. The summed E-state index contributed by atoms with van der Waals surface area (Å²) in [6.45, 7) is 5.15. The van der Waals surface area contributed by atoms with Crippen molar-refractivity contribution in [3.63, 3.8) is 0 Å². The monoisotopic (exact) mass is 365 g/mol. The summed E-state index contributed by atoms with van der Waals surface area (Å²) in [5.74, 6) is -0.349. The summed E-state index contributed by atoms with van der Waals surface area (Å²) in [7, 11) is 0. The van der Waals surface area contributed by atoms with Gasteiger partial charge in [-0.05, 0) is 44.5 Å². The Hall–Kier alpha value is -2.54. The number of rotatable bonds is 4. The number of aromatic nitrogens is 2. The molecule has 0 aliphatic rings. The van der Waals surface area contributed by atoms with Gasteiger partial charge in [0.15, 0.2) is 6.29 Å². The van der Waals surface area contributed by atoms with Crippen molar-refractivity contribution >= 4 is 29.8 Å². The molecule has 0 aliphatic heterocycles. The molecule has 0 aromatic carbocycles. The molecule has 2 aromatic rings. The molecule has 8 heteroatoms. The van der Waals surface area contributed by atoms with Crippen LogP contribution < -0.4 is 4.90 Å². The third-order valence-electron chi connectivity index (χ3n) is 2.98. The average Bonchev–Trinajstić information content (AvgIpc) is 2.51. The Bertz CT molecular complexity index is 793. The van der Waals surface area contributed by atoms with Gasteiger partial charge in [-0.25, -0.2) is 14.2 Å². The van der Waals surface area contributed by atoms with Crippen LogP contribution in [0, 0.1) is 5.82 Å². The van der Waals surface area contributed by atoms with Crippen LogP contribution in [0.1, 0.15) is 36.7 Å². The molecular formula is C17H17ClFN3O3. The molecule has 0 N–H and O–H groups in total. The van der Waals surface area contributed by atoms with Gasteiger partial charge in [0.05, 0.1) is 18.3 Å². The average molecular weight is 366 g/mol. The van der Waals surface area contributed by atoms with E-state index in [4.69, 9.17) is 16.3 Å². The van der Waals surface area contributed by atoms with Crippen LogP contribution in [0.2, 0.25) is 5.15 Å². The van der Waals surface area contributed by atoms with Crippen LogP contribution in [0.5, 0.6) is 0 Å². The van der Waals surface area contributed by atoms with E-state index in [1.54, 1.807) is 20.8 Å². The molecule has 0 saturated carbocycles. The molecule has 25 heavy (non-hydrogen) atoms. The van der Waals surface area contributed by atoms with Gasteiger partial charge in [-0.15, -0.1) is 0 Å². The number of anilines is 1. The van der Waals surface area contributed by atoms with Crippen LogP contribution >= 0.6 is 11.6 Å². The number of hydrogen-bond acceptors (Lipinski definition) is 5. The second-order valence-corrected chi connectivity index (χ2v) is 6.60. The molecule has 6 nitrogen and oxygen atoms in total. The standard InChI is InChI=1S/C17H17ClFN3O3/c1-17(2,3)25-16(24)22(9-11-6-13(19)8-20-7-11)14-5-4-12(10-23)15(18)21-14/h4-8,10H,9H2,1-3H3. The minimum Gasteiger partial charge on any atom is -0.443 e. The lowest BCUT2D eigenvalue weighted by molar-refractivity contribution is 0.0576. The van der Waals surface area contributed by atoms with E-state index < -0.39 is 17.5 Å². The number of aldehydes is 1. The summed E-state index contributed by atoms with van der Waals surface area (Å²) in [5, 5.41) is -0.0431. The zero-order chi connectivity index (χ0) is 18.6. The van der Waals surface area contributed by atoms with Crippen molar-refractivity contribution in [2.45, 2.75) is 32.9 Å². The summed E-state index contributed by atoms with van der Waals surface area (Å²) in [5.41, 5.74) is -0.0903. The number of nitrogens with zero attached hydrogens (tertiary/aromatic N) is 3. The lowest BCUT2D eigenvalue weighted by Gasteiger charge is -2.27. The van der Waals surface area contributed by atoms with Gasteiger partial charge in [-0.1, -0.05) is 11.6 Å². The minimum atomic E-state index is -0.734. The zero-order valence-electron chi connectivity index (χ0n) is 14.0. The topological polar surface area (TPSA) is 72.4 Å². The number of carbonyl (C=O) groups excluding carboxylic acids is 2. The van der Waals surface area contributed by atoms with Gasteiger partial charge in [0, 0.05) is 6.20 Å². The minimum absolute atomic E-state index is 0.0244. The highest BCUT2D eigenvalue weighted by Crippen LogP contribution is 2.22. The number of halogens is 2. The van der Waals surface area contributed by atoms with E-state index in [0.717, 1.165) is 6.20 Å². The number of carbonyl (C=O) groups is 2. The van der Waals surface area contributed by atoms with Gasteiger partial charge in [0.2, 0.25) is 0 Å². The van der Waals surface area contributed by atoms with E-state index in [1.807, 2.05) is 0 Å². The van der Waals surface area contributed by atoms with E-state index in [2.05, 4.69) is 9.97 Å². The SMILES string of the molecule is CC(C)(C)OC(=O)N(Cc1cncc(F)c1)c1ccc(C=O)c(Cl)n1. The van der Waals surface area contributed by atoms with E-state index >= 15 is 0 Å². The largest absolute Gasteiger partial charge is 0.443 e. The molecule has 0 fully saturated rings. The van der Waals surface area contributed by atoms with Crippen LogP contribution in [0.4, 0.5) is 15.0 Å². The molecule has 0 saturated heterocycles. The molecule has 0 atom stereocenters. The first kappa shape index (κ1) is 18.8. The Balaban J connectivity index is 2.39. The Kier molecular flexibility index (Phi) is 5.69. The molecule has 0 bridgehead atoms. The summed E-state index contributed by atoms with van der Waals surface area (Å²) >= 11 is 5.95. The molecule has 2 aromatic heterocycles. The third-order valence-corrected chi connectivity index (χ3v) is 3.29. The summed E-state index contributed by atoms with van der Waals surface area (Å²) < 4.78 is 18.8. The molecule has 132 valence electrons. The maximum Gasteiger partial charge on any atom is 0.416 e. The molecule has 1 amide bonds.